The lowest BCUT2D eigenvalue weighted by Crippen LogP contribution is -2.66. The molecule has 0 radical (unpaired) electrons. The van der Waals surface area contributed by atoms with Crippen molar-refractivity contribution in [3.63, 3.8) is 0 Å². The van der Waals surface area contributed by atoms with Crippen LogP contribution in [0.4, 0.5) is 4.79 Å². The minimum absolute atomic E-state index is 0.0314. The van der Waals surface area contributed by atoms with E-state index in [9.17, 15) is 9.59 Å². The van der Waals surface area contributed by atoms with Crippen LogP contribution in [0.15, 0.2) is 6.33 Å². The summed E-state index contributed by atoms with van der Waals surface area (Å²) in [5.41, 5.74) is 1.80. The minimum atomic E-state index is -0.372. The van der Waals surface area contributed by atoms with E-state index < -0.39 is 0 Å². The number of piperidine rings is 3. The minimum Gasteiger partial charge on any atom is -0.442 e. The first kappa shape index (κ1) is 31.7. The summed E-state index contributed by atoms with van der Waals surface area (Å²) in [6, 6.07) is 0.224. The summed E-state index contributed by atoms with van der Waals surface area (Å²) in [6.45, 7) is 16.1. The van der Waals surface area contributed by atoms with E-state index in [0.29, 0.717) is 23.3 Å². The number of unbranched alkanes of at least 4 members (excludes halogenated alkanes) is 1. The molecule has 5 aliphatic rings. The van der Waals surface area contributed by atoms with Crippen LogP contribution in [0.2, 0.25) is 0 Å². The Morgan fingerprint density at radius 2 is 1.68 bits per heavy atom. The zero-order valence-electron chi connectivity index (χ0n) is 27.5. The molecule has 1 aromatic heterocycles. The molecular formula is C34H54N6O4. The highest BCUT2D eigenvalue weighted by Gasteiger charge is 2.54. The van der Waals surface area contributed by atoms with Gasteiger partial charge in [-0.2, -0.15) is 0 Å². The van der Waals surface area contributed by atoms with Gasteiger partial charge >= 0.3 is 6.09 Å². The maximum Gasteiger partial charge on any atom is 0.410 e. The van der Waals surface area contributed by atoms with Crippen LogP contribution in [0.3, 0.4) is 0 Å². The van der Waals surface area contributed by atoms with Gasteiger partial charge in [0, 0.05) is 69.0 Å². The highest BCUT2D eigenvalue weighted by Crippen LogP contribution is 2.45. The van der Waals surface area contributed by atoms with Gasteiger partial charge in [0.25, 0.3) is 5.91 Å². The van der Waals surface area contributed by atoms with Crippen LogP contribution >= 0.6 is 0 Å². The molecule has 5 fully saturated rings. The predicted octanol–water partition coefficient (Wildman–Crippen LogP) is 4.20. The van der Waals surface area contributed by atoms with Crippen molar-refractivity contribution in [1.29, 1.82) is 0 Å². The molecule has 1 aromatic rings. The number of carbonyl (C=O) groups excluding carboxylic acids is 2. The molecule has 0 aromatic carbocycles. The number of aromatic nitrogens is 2. The first-order valence-corrected chi connectivity index (χ1v) is 17.4. The maximum absolute atomic E-state index is 13.9. The molecule has 0 saturated carbocycles. The van der Waals surface area contributed by atoms with Crippen molar-refractivity contribution in [3.8, 4) is 0 Å². The number of rotatable bonds is 8. The Morgan fingerprint density at radius 1 is 1.02 bits per heavy atom. The summed E-state index contributed by atoms with van der Waals surface area (Å²) >= 11 is 0. The normalized spacial score (nSPS) is 27.2. The molecule has 0 aliphatic carbocycles. The van der Waals surface area contributed by atoms with Gasteiger partial charge in [-0.3, -0.25) is 9.69 Å². The molecule has 5 saturated heterocycles. The maximum atomic E-state index is 13.9. The van der Waals surface area contributed by atoms with E-state index >= 15 is 0 Å². The van der Waals surface area contributed by atoms with Gasteiger partial charge in [-0.25, -0.2) is 14.8 Å². The molecule has 10 nitrogen and oxygen atoms in total. The number of aryl methyl sites for hydroxylation is 2. The third-order valence-corrected chi connectivity index (χ3v) is 11.9. The van der Waals surface area contributed by atoms with E-state index in [4.69, 9.17) is 9.47 Å². The van der Waals surface area contributed by atoms with Crippen LogP contribution < -0.4 is 5.32 Å². The molecule has 6 rings (SSSR count). The molecule has 2 amide bonds. The molecule has 0 bridgehead atoms. The van der Waals surface area contributed by atoms with E-state index in [0.717, 1.165) is 122 Å². The van der Waals surface area contributed by atoms with Crippen LogP contribution in [0, 0.1) is 31.6 Å². The van der Waals surface area contributed by atoms with Crippen LogP contribution in [-0.4, -0.2) is 113 Å². The second kappa shape index (κ2) is 13.2. The molecule has 1 spiro atoms. The Morgan fingerprint density at radius 3 is 2.27 bits per heavy atom. The lowest BCUT2D eigenvalue weighted by Gasteiger charge is -2.57. The van der Waals surface area contributed by atoms with Gasteiger partial charge in [0.05, 0.1) is 30.2 Å². The van der Waals surface area contributed by atoms with Crippen LogP contribution in [0.1, 0.15) is 93.4 Å². The first-order valence-electron chi connectivity index (χ1n) is 17.4. The van der Waals surface area contributed by atoms with E-state index in [1.807, 2.05) is 18.7 Å². The van der Waals surface area contributed by atoms with Gasteiger partial charge in [0.15, 0.2) is 0 Å². The zero-order chi connectivity index (χ0) is 30.9. The lowest BCUT2D eigenvalue weighted by atomic mass is 9.73. The Labute approximate surface area is 263 Å². The monoisotopic (exact) mass is 610 g/mol. The smallest absolute Gasteiger partial charge is 0.410 e. The number of nitrogens with one attached hydrogen (secondary N) is 1. The number of ether oxygens (including phenoxy) is 2. The van der Waals surface area contributed by atoms with E-state index in [1.165, 1.54) is 12.7 Å². The number of nitrogens with zero attached hydrogens (tertiary/aromatic N) is 5. The van der Waals surface area contributed by atoms with Crippen LogP contribution in [-0.2, 0) is 9.47 Å². The molecule has 244 valence electrons. The van der Waals surface area contributed by atoms with Gasteiger partial charge in [-0.1, -0.05) is 19.8 Å². The average Bonchev–Trinajstić information content (AvgIpc) is 3.00. The number of hydrogen-bond acceptors (Lipinski definition) is 8. The fraction of sp³-hybridized carbons (Fsp3) is 0.824. The largest absolute Gasteiger partial charge is 0.442 e. The Bertz CT molecular complexity index is 1150. The molecule has 6 heterocycles. The second-order valence-electron chi connectivity index (χ2n) is 14.5. The second-order valence-corrected chi connectivity index (χ2v) is 14.5. The summed E-state index contributed by atoms with van der Waals surface area (Å²) in [5, 5.41) is 3.50. The van der Waals surface area contributed by atoms with Gasteiger partial charge in [0.2, 0.25) is 0 Å². The zero-order valence-corrected chi connectivity index (χ0v) is 27.5. The van der Waals surface area contributed by atoms with Gasteiger partial charge in [-0.15, -0.1) is 0 Å². The van der Waals surface area contributed by atoms with Crippen molar-refractivity contribution in [3.05, 3.63) is 23.3 Å². The van der Waals surface area contributed by atoms with Gasteiger partial charge in [0.1, 0.15) is 11.9 Å². The van der Waals surface area contributed by atoms with Gasteiger partial charge in [-0.05, 0) is 71.9 Å². The van der Waals surface area contributed by atoms with Crippen molar-refractivity contribution in [1.82, 2.24) is 30.0 Å². The van der Waals surface area contributed by atoms with Crippen molar-refractivity contribution < 1.29 is 19.1 Å². The van der Waals surface area contributed by atoms with Crippen molar-refractivity contribution >= 4 is 12.0 Å². The van der Waals surface area contributed by atoms with Crippen molar-refractivity contribution in [2.45, 2.75) is 103 Å². The summed E-state index contributed by atoms with van der Waals surface area (Å²) in [7, 11) is 0. The third-order valence-electron chi connectivity index (χ3n) is 11.9. The fourth-order valence-corrected chi connectivity index (χ4v) is 8.88. The SMILES string of the molecule is CCCCC1CN([C@@H](C2CCNCC2)C2COC2)C(=O)OC12CCN(C1(C)CCN(C(=O)c3c(C)ncnc3C)CC1)CC2. The number of carbonyl (C=O) groups is 2. The Hall–Kier alpha value is -2.30. The molecule has 2 atom stereocenters. The number of amides is 2. The third kappa shape index (κ3) is 6.10. The van der Waals surface area contributed by atoms with Crippen molar-refractivity contribution in [2.24, 2.45) is 17.8 Å². The number of likely N-dealkylation sites (tertiary alicyclic amines) is 2. The highest BCUT2D eigenvalue weighted by atomic mass is 16.6. The highest BCUT2D eigenvalue weighted by molar-refractivity contribution is 5.96. The summed E-state index contributed by atoms with van der Waals surface area (Å²) in [4.78, 5) is 42.6. The molecule has 44 heavy (non-hydrogen) atoms. The summed E-state index contributed by atoms with van der Waals surface area (Å²) in [5.74, 6) is 1.35. The summed E-state index contributed by atoms with van der Waals surface area (Å²) < 4.78 is 12.3. The Kier molecular flexibility index (Phi) is 9.50. The molecule has 10 heteroatoms. The molecule has 1 unspecified atom stereocenters. The van der Waals surface area contributed by atoms with E-state index in [2.05, 4.69) is 38.9 Å². The fourth-order valence-electron chi connectivity index (χ4n) is 8.88. The van der Waals surface area contributed by atoms with Crippen molar-refractivity contribution in [2.75, 3.05) is 59.0 Å². The number of hydrogen-bond donors (Lipinski definition) is 1. The van der Waals surface area contributed by atoms with Crippen LogP contribution in [0.25, 0.3) is 0 Å². The topological polar surface area (TPSA) is 100 Å². The predicted molar refractivity (Wildman–Crippen MR) is 168 cm³/mol. The molecule has 5 aliphatic heterocycles. The summed E-state index contributed by atoms with van der Waals surface area (Å²) in [6.07, 6.45) is 10.8. The molecule has 1 N–H and O–H groups in total. The van der Waals surface area contributed by atoms with Gasteiger partial charge < -0.3 is 24.6 Å². The molecular weight excluding hydrogens is 556 g/mol. The average molecular weight is 611 g/mol. The standard InChI is InChI=1S/C34H54N6O4/c1-5-6-7-28-20-40(30(27-21-43-22-27)26-8-14-35-15-9-26)32(42)44-34(28)12-18-39(19-13-34)33(4)10-16-38(17-11-33)31(41)29-24(2)36-23-37-25(29)3/h23,26-28,30,35H,5-22H2,1-4H3/t28?,30-/m0/s1. The quantitative estimate of drug-likeness (QED) is 0.468. The first-order chi connectivity index (χ1) is 21.2. The van der Waals surface area contributed by atoms with E-state index in [-0.39, 0.29) is 29.2 Å². The lowest BCUT2D eigenvalue weighted by molar-refractivity contribution is -0.157. The van der Waals surface area contributed by atoms with E-state index in [1.54, 1.807) is 0 Å². The Balaban J connectivity index is 1.11. The van der Waals surface area contributed by atoms with Crippen LogP contribution in [0.5, 0.6) is 0 Å².